The van der Waals surface area contributed by atoms with Crippen molar-refractivity contribution in [2.24, 2.45) is 0 Å². The summed E-state index contributed by atoms with van der Waals surface area (Å²) in [7, 11) is 1.41. The average Bonchev–Trinajstić information content (AvgIpc) is 2.35. The number of aryl methyl sites for hydroxylation is 1. The van der Waals surface area contributed by atoms with E-state index in [1.165, 1.54) is 7.11 Å². The van der Waals surface area contributed by atoms with Gasteiger partial charge in [0.05, 0.1) is 13.2 Å². The van der Waals surface area contributed by atoms with E-state index in [9.17, 15) is 4.79 Å². The number of hydrogen-bond acceptors (Lipinski definition) is 3. The van der Waals surface area contributed by atoms with Crippen LogP contribution >= 0.6 is 0 Å². The van der Waals surface area contributed by atoms with Crippen LogP contribution in [0, 0.1) is 11.3 Å². The van der Waals surface area contributed by atoms with Gasteiger partial charge in [-0.2, -0.15) is 5.26 Å². The van der Waals surface area contributed by atoms with Gasteiger partial charge in [-0.15, -0.1) is 0 Å². The van der Waals surface area contributed by atoms with Crippen molar-refractivity contribution < 1.29 is 9.63 Å². The second-order valence-electron chi connectivity index (χ2n) is 3.66. The molecule has 0 bridgehead atoms. The number of carbonyl (C=O) groups excluding carboxylic acids is 1. The van der Waals surface area contributed by atoms with Crippen LogP contribution in [0.5, 0.6) is 0 Å². The fourth-order valence-electron chi connectivity index (χ4n) is 1.63. The number of nitriles is 1. The van der Waals surface area contributed by atoms with E-state index in [1.54, 1.807) is 6.07 Å². The van der Waals surface area contributed by atoms with Crippen LogP contribution < -0.4 is 5.48 Å². The van der Waals surface area contributed by atoms with Crippen molar-refractivity contribution >= 4 is 5.91 Å². The third-order valence-corrected chi connectivity index (χ3v) is 2.44. The summed E-state index contributed by atoms with van der Waals surface area (Å²) in [5.74, 6) is -0.233. The molecular formula is C13H16N2O2. The molecule has 0 spiro atoms. The first kappa shape index (κ1) is 13.2. The minimum Gasteiger partial charge on any atom is -0.277 e. The lowest BCUT2D eigenvalue weighted by atomic mass is 10.0. The topological polar surface area (TPSA) is 62.1 Å². The number of unbranched alkanes of at least 4 members (excludes halogenated alkanes) is 2. The predicted molar refractivity (Wildman–Crippen MR) is 64.1 cm³/mol. The molecule has 1 amide bonds. The fourth-order valence-corrected chi connectivity index (χ4v) is 1.63. The van der Waals surface area contributed by atoms with Gasteiger partial charge in [0.25, 0.3) is 5.91 Å². The lowest BCUT2D eigenvalue weighted by molar-refractivity contribution is 0.0536. The summed E-state index contributed by atoms with van der Waals surface area (Å²) in [4.78, 5) is 16.3. The third-order valence-electron chi connectivity index (χ3n) is 2.44. The van der Waals surface area contributed by atoms with Gasteiger partial charge >= 0.3 is 0 Å². The van der Waals surface area contributed by atoms with Crippen LogP contribution in [-0.4, -0.2) is 13.0 Å². The molecule has 0 radical (unpaired) electrons. The average molecular weight is 232 g/mol. The largest absolute Gasteiger partial charge is 0.277 e. The molecular weight excluding hydrogens is 216 g/mol. The zero-order valence-corrected chi connectivity index (χ0v) is 9.90. The molecule has 1 aromatic carbocycles. The van der Waals surface area contributed by atoms with E-state index in [4.69, 9.17) is 5.26 Å². The van der Waals surface area contributed by atoms with Crippen LogP contribution in [0.25, 0.3) is 0 Å². The van der Waals surface area contributed by atoms with Crippen molar-refractivity contribution in [1.29, 1.82) is 5.26 Å². The van der Waals surface area contributed by atoms with E-state index in [0.717, 1.165) is 24.8 Å². The van der Waals surface area contributed by atoms with E-state index in [1.807, 2.05) is 18.2 Å². The highest BCUT2D eigenvalue weighted by atomic mass is 16.6. The van der Waals surface area contributed by atoms with E-state index in [2.05, 4.69) is 16.4 Å². The van der Waals surface area contributed by atoms with Crippen molar-refractivity contribution in [1.82, 2.24) is 5.48 Å². The minimum absolute atomic E-state index is 0.233. The van der Waals surface area contributed by atoms with Gasteiger partial charge in [0.2, 0.25) is 0 Å². The van der Waals surface area contributed by atoms with Gasteiger partial charge in [-0.25, -0.2) is 5.48 Å². The van der Waals surface area contributed by atoms with Gasteiger partial charge < -0.3 is 0 Å². The fraction of sp³-hybridized carbons (Fsp3) is 0.385. The number of benzene rings is 1. The molecule has 0 aromatic heterocycles. The van der Waals surface area contributed by atoms with Gasteiger partial charge in [0.15, 0.2) is 0 Å². The predicted octanol–water partition coefficient (Wildman–Crippen LogP) is 2.21. The summed E-state index contributed by atoms with van der Waals surface area (Å²) in [6, 6.07) is 9.54. The Morgan fingerprint density at radius 3 is 2.88 bits per heavy atom. The highest BCUT2D eigenvalue weighted by Crippen LogP contribution is 2.12. The molecule has 0 aliphatic rings. The second-order valence-corrected chi connectivity index (χ2v) is 3.66. The maximum atomic E-state index is 11.7. The lowest BCUT2D eigenvalue weighted by Gasteiger charge is -2.08. The summed E-state index contributed by atoms with van der Waals surface area (Å²) in [6.45, 7) is 0. The van der Waals surface area contributed by atoms with Crippen molar-refractivity contribution in [3.8, 4) is 6.07 Å². The summed E-state index contributed by atoms with van der Waals surface area (Å²) < 4.78 is 0. The van der Waals surface area contributed by atoms with Crippen LogP contribution in [-0.2, 0) is 11.3 Å². The Morgan fingerprint density at radius 1 is 1.41 bits per heavy atom. The van der Waals surface area contributed by atoms with Crippen LogP contribution in [0.2, 0.25) is 0 Å². The number of amides is 1. The molecule has 90 valence electrons. The van der Waals surface area contributed by atoms with Crippen LogP contribution in [0.4, 0.5) is 0 Å². The normalized spacial score (nSPS) is 9.65. The Morgan fingerprint density at radius 2 is 2.18 bits per heavy atom. The van der Waals surface area contributed by atoms with E-state index < -0.39 is 0 Å². The van der Waals surface area contributed by atoms with Gasteiger partial charge in [0.1, 0.15) is 0 Å². The molecule has 4 nitrogen and oxygen atoms in total. The zero-order chi connectivity index (χ0) is 12.5. The molecule has 0 unspecified atom stereocenters. The van der Waals surface area contributed by atoms with Crippen molar-refractivity contribution in [2.45, 2.75) is 25.7 Å². The summed E-state index contributed by atoms with van der Waals surface area (Å²) in [6.07, 6.45) is 3.13. The molecule has 17 heavy (non-hydrogen) atoms. The van der Waals surface area contributed by atoms with Crippen molar-refractivity contribution in [3.05, 3.63) is 35.4 Å². The number of rotatable bonds is 6. The molecule has 0 heterocycles. The van der Waals surface area contributed by atoms with Crippen LogP contribution in [0.1, 0.15) is 35.2 Å². The Balaban J connectivity index is 2.64. The SMILES string of the molecule is CONC(=O)c1ccccc1CCCCC#N. The highest BCUT2D eigenvalue weighted by Gasteiger charge is 2.09. The van der Waals surface area contributed by atoms with Crippen LogP contribution in [0.3, 0.4) is 0 Å². The number of hydroxylamine groups is 1. The van der Waals surface area contributed by atoms with E-state index in [-0.39, 0.29) is 5.91 Å². The Bertz CT molecular complexity index is 410. The van der Waals surface area contributed by atoms with Gasteiger partial charge in [-0.3, -0.25) is 9.63 Å². The molecule has 0 atom stereocenters. The molecule has 0 saturated heterocycles. The standard InChI is InChI=1S/C13H16N2O2/c1-17-15-13(16)12-9-5-4-8-11(12)7-3-2-6-10-14/h4-5,8-9H,2-3,6-7H2,1H3,(H,15,16). The van der Waals surface area contributed by atoms with Gasteiger partial charge in [-0.05, 0) is 30.9 Å². The zero-order valence-electron chi connectivity index (χ0n) is 9.90. The number of nitrogens with one attached hydrogen (secondary N) is 1. The van der Waals surface area contributed by atoms with E-state index >= 15 is 0 Å². The third kappa shape index (κ3) is 4.25. The summed E-state index contributed by atoms with van der Waals surface area (Å²) >= 11 is 0. The summed E-state index contributed by atoms with van der Waals surface area (Å²) in [5, 5.41) is 8.45. The first-order valence-corrected chi connectivity index (χ1v) is 5.57. The minimum atomic E-state index is -0.233. The smallest absolute Gasteiger partial charge is 0.275 e. The Kier molecular flexibility index (Phi) is 5.76. The molecule has 1 N–H and O–H groups in total. The quantitative estimate of drug-likeness (QED) is 0.604. The van der Waals surface area contributed by atoms with Crippen molar-refractivity contribution in [2.75, 3.05) is 7.11 Å². The lowest BCUT2D eigenvalue weighted by Crippen LogP contribution is -2.23. The van der Waals surface area contributed by atoms with E-state index in [0.29, 0.717) is 12.0 Å². The van der Waals surface area contributed by atoms with Gasteiger partial charge in [0, 0.05) is 12.0 Å². The molecule has 0 aliphatic carbocycles. The molecule has 1 aromatic rings. The number of hydrogen-bond donors (Lipinski definition) is 1. The molecule has 0 aliphatic heterocycles. The number of carbonyl (C=O) groups is 1. The molecule has 0 saturated carbocycles. The maximum Gasteiger partial charge on any atom is 0.275 e. The Labute approximate surface area is 101 Å². The monoisotopic (exact) mass is 232 g/mol. The second kappa shape index (κ2) is 7.42. The maximum absolute atomic E-state index is 11.7. The Hall–Kier alpha value is -1.86. The number of nitrogens with zero attached hydrogens (tertiary/aromatic N) is 1. The summed E-state index contributed by atoms with van der Waals surface area (Å²) in [5.41, 5.74) is 3.93. The highest BCUT2D eigenvalue weighted by molar-refractivity contribution is 5.94. The molecule has 0 fully saturated rings. The van der Waals surface area contributed by atoms with Gasteiger partial charge in [-0.1, -0.05) is 18.2 Å². The van der Waals surface area contributed by atoms with Crippen molar-refractivity contribution in [3.63, 3.8) is 0 Å². The van der Waals surface area contributed by atoms with Crippen LogP contribution in [0.15, 0.2) is 24.3 Å². The first-order valence-electron chi connectivity index (χ1n) is 5.57. The first-order chi connectivity index (χ1) is 8.29. The molecule has 1 rings (SSSR count). The molecule has 4 heteroatoms.